The van der Waals surface area contributed by atoms with Gasteiger partial charge in [-0.2, -0.15) is 13.2 Å². The predicted octanol–water partition coefficient (Wildman–Crippen LogP) is 2.99. The van der Waals surface area contributed by atoms with E-state index in [1.165, 1.54) is 10.5 Å². The Balaban J connectivity index is 1.47. The minimum atomic E-state index is -4.10. The number of nitrogens with zero attached hydrogens (tertiary/aromatic N) is 1. The molecular formula is C17H23F3N2O. The summed E-state index contributed by atoms with van der Waals surface area (Å²) in [6, 6.07) is 10.3. The number of alkyl halides is 3. The van der Waals surface area contributed by atoms with E-state index < -0.39 is 12.7 Å². The number of likely N-dealkylation sites (tertiary alicyclic amines) is 1. The van der Waals surface area contributed by atoms with E-state index in [0.29, 0.717) is 19.0 Å². The molecule has 2 aliphatic heterocycles. The number of ether oxygens (including phenoxy) is 1. The molecule has 3 rings (SSSR count). The summed E-state index contributed by atoms with van der Waals surface area (Å²) in [7, 11) is 0. The highest BCUT2D eigenvalue weighted by molar-refractivity contribution is 5.19. The van der Waals surface area contributed by atoms with Gasteiger partial charge in [-0.05, 0) is 18.4 Å². The molecule has 0 unspecified atom stereocenters. The highest BCUT2D eigenvalue weighted by Crippen LogP contribution is 2.34. The smallest absolute Gasteiger partial charge is 0.373 e. The molecule has 0 amide bonds. The van der Waals surface area contributed by atoms with Crippen LogP contribution in [0, 0.1) is 5.92 Å². The molecule has 2 heterocycles. The molecule has 2 saturated heterocycles. The second-order valence-corrected chi connectivity index (χ2v) is 6.49. The minimum absolute atomic E-state index is 0.0939. The van der Waals surface area contributed by atoms with Gasteiger partial charge in [0.05, 0.1) is 12.6 Å². The van der Waals surface area contributed by atoms with E-state index >= 15 is 0 Å². The molecule has 23 heavy (non-hydrogen) atoms. The molecule has 1 aromatic carbocycles. The molecule has 1 aromatic rings. The molecule has 0 spiro atoms. The maximum absolute atomic E-state index is 12.4. The summed E-state index contributed by atoms with van der Waals surface area (Å²) in [5, 5.41) is 3.45. The molecule has 6 heteroatoms. The van der Waals surface area contributed by atoms with Gasteiger partial charge >= 0.3 is 6.18 Å². The molecule has 128 valence electrons. The molecule has 0 aromatic heterocycles. The second kappa shape index (κ2) is 7.20. The van der Waals surface area contributed by atoms with Crippen molar-refractivity contribution in [3.8, 4) is 0 Å². The number of nitrogens with one attached hydrogen (secondary N) is 1. The first-order chi connectivity index (χ1) is 11.0. The van der Waals surface area contributed by atoms with E-state index in [1.54, 1.807) is 0 Å². The van der Waals surface area contributed by atoms with Crippen molar-refractivity contribution < 1.29 is 17.9 Å². The lowest BCUT2D eigenvalue weighted by molar-refractivity contribution is -0.143. The van der Waals surface area contributed by atoms with Gasteiger partial charge in [-0.25, -0.2) is 0 Å². The Hall–Kier alpha value is -1.11. The quantitative estimate of drug-likeness (QED) is 0.899. The van der Waals surface area contributed by atoms with Crippen molar-refractivity contribution in [2.24, 2.45) is 5.92 Å². The molecule has 0 aliphatic carbocycles. The maximum Gasteiger partial charge on any atom is 0.401 e. The van der Waals surface area contributed by atoms with Gasteiger partial charge in [0.25, 0.3) is 0 Å². The van der Waals surface area contributed by atoms with E-state index in [1.807, 2.05) is 18.2 Å². The molecule has 3 atom stereocenters. The van der Waals surface area contributed by atoms with Crippen molar-refractivity contribution in [1.82, 2.24) is 10.2 Å². The third-order valence-corrected chi connectivity index (χ3v) is 4.69. The van der Waals surface area contributed by atoms with Crippen LogP contribution in [0.25, 0.3) is 0 Å². The maximum atomic E-state index is 12.4. The van der Waals surface area contributed by atoms with Crippen LogP contribution >= 0.6 is 0 Å². The molecule has 2 fully saturated rings. The van der Waals surface area contributed by atoms with Crippen molar-refractivity contribution in [2.45, 2.75) is 31.2 Å². The molecule has 0 radical (unpaired) electrons. The van der Waals surface area contributed by atoms with Crippen LogP contribution < -0.4 is 5.32 Å². The number of rotatable bonds is 5. The van der Waals surface area contributed by atoms with E-state index in [9.17, 15) is 13.2 Å². The van der Waals surface area contributed by atoms with Crippen LogP contribution in [0.3, 0.4) is 0 Å². The minimum Gasteiger partial charge on any atom is -0.373 e. The molecule has 0 saturated carbocycles. The number of halogens is 3. The van der Waals surface area contributed by atoms with E-state index in [0.717, 1.165) is 26.0 Å². The summed E-state index contributed by atoms with van der Waals surface area (Å²) >= 11 is 0. The van der Waals surface area contributed by atoms with Gasteiger partial charge in [0.2, 0.25) is 0 Å². The van der Waals surface area contributed by atoms with Crippen LogP contribution in [0.2, 0.25) is 0 Å². The fraction of sp³-hybridized carbons (Fsp3) is 0.647. The van der Waals surface area contributed by atoms with Crippen LogP contribution in [0.1, 0.15) is 24.5 Å². The zero-order valence-electron chi connectivity index (χ0n) is 13.1. The number of hydrogen-bond acceptors (Lipinski definition) is 3. The summed E-state index contributed by atoms with van der Waals surface area (Å²) < 4.78 is 43.1. The van der Waals surface area contributed by atoms with Crippen molar-refractivity contribution in [3.05, 3.63) is 35.9 Å². The highest BCUT2D eigenvalue weighted by atomic mass is 19.4. The van der Waals surface area contributed by atoms with Crippen LogP contribution in [0.5, 0.6) is 0 Å². The zero-order chi connectivity index (χ0) is 16.3. The fourth-order valence-corrected chi connectivity index (χ4v) is 3.57. The summed E-state index contributed by atoms with van der Waals surface area (Å²) in [6.45, 7) is 1.73. The van der Waals surface area contributed by atoms with E-state index in [-0.39, 0.29) is 12.1 Å². The first-order valence-corrected chi connectivity index (χ1v) is 8.20. The topological polar surface area (TPSA) is 24.5 Å². The predicted molar refractivity (Wildman–Crippen MR) is 82.1 cm³/mol. The van der Waals surface area contributed by atoms with Crippen LogP contribution in [-0.4, -0.2) is 49.9 Å². The number of hydrogen-bond donors (Lipinski definition) is 1. The Morgan fingerprint density at radius 2 is 1.96 bits per heavy atom. The van der Waals surface area contributed by atoms with Gasteiger partial charge < -0.3 is 10.1 Å². The van der Waals surface area contributed by atoms with Gasteiger partial charge in [0.1, 0.15) is 0 Å². The van der Waals surface area contributed by atoms with Crippen LogP contribution in [0.4, 0.5) is 13.2 Å². The average Bonchev–Trinajstić information content (AvgIpc) is 3.13. The van der Waals surface area contributed by atoms with Gasteiger partial charge in [0, 0.05) is 38.2 Å². The third kappa shape index (κ3) is 4.68. The summed E-state index contributed by atoms with van der Waals surface area (Å²) in [5.74, 6) is 0.383. The van der Waals surface area contributed by atoms with Crippen molar-refractivity contribution in [1.29, 1.82) is 0 Å². The SMILES string of the molecule is FC(F)(F)CN1CC[C@H](NC[C@@H]2CCO[C@@H]2c2ccccc2)C1. The molecule has 1 N–H and O–H groups in total. The third-order valence-electron chi connectivity index (χ3n) is 4.69. The van der Waals surface area contributed by atoms with Gasteiger partial charge in [-0.1, -0.05) is 30.3 Å². The Kier molecular flexibility index (Phi) is 5.24. The largest absolute Gasteiger partial charge is 0.401 e. The Morgan fingerprint density at radius 1 is 1.17 bits per heavy atom. The van der Waals surface area contributed by atoms with E-state index in [2.05, 4.69) is 17.4 Å². The number of benzene rings is 1. The molecule has 3 nitrogen and oxygen atoms in total. The van der Waals surface area contributed by atoms with Crippen LogP contribution in [0.15, 0.2) is 30.3 Å². The standard InChI is InChI=1S/C17H23F3N2O/c18-17(19,20)12-22-8-6-15(11-22)21-10-14-7-9-23-16(14)13-4-2-1-3-5-13/h1-5,14-16,21H,6-12H2/t14-,15-,16+/m0/s1. The molecular weight excluding hydrogens is 305 g/mol. The first-order valence-electron chi connectivity index (χ1n) is 8.20. The van der Waals surface area contributed by atoms with Gasteiger partial charge in [-0.15, -0.1) is 0 Å². The lowest BCUT2D eigenvalue weighted by Gasteiger charge is -2.22. The van der Waals surface area contributed by atoms with Crippen molar-refractivity contribution in [2.75, 3.05) is 32.8 Å². The lowest BCUT2D eigenvalue weighted by Crippen LogP contribution is -2.38. The Bertz CT molecular complexity index is 494. The van der Waals surface area contributed by atoms with Gasteiger partial charge in [0.15, 0.2) is 0 Å². The first kappa shape index (κ1) is 16.7. The Morgan fingerprint density at radius 3 is 2.70 bits per heavy atom. The fourth-order valence-electron chi connectivity index (χ4n) is 3.57. The summed E-state index contributed by atoms with van der Waals surface area (Å²) in [4.78, 5) is 1.48. The lowest BCUT2D eigenvalue weighted by atomic mass is 9.95. The van der Waals surface area contributed by atoms with E-state index in [4.69, 9.17) is 4.74 Å². The average molecular weight is 328 g/mol. The van der Waals surface area contributed by atoms with Crippen molar-refractivity contribution in [3.63, 3.8) is 0 Å². The van der Waals surface area contributed by atoms with Crippen molar-refractivity contribution >= 4 is 0 Å². The molecule has 0 bridgehead atoms. The summed E-state index contributed by atoms with van der Waals surface area (Å²) in [5.41, 5.74) is 1.18. The highest BCUT2D eigenvalue weighted by Gasteiger charge is 2.35. The molecule has 2 aliphatic rings. The van der Waals surface area contributed by atoms with Gasteiger partial charge in [-0.3, -0.25) is 4.90 Å². The monoisotopic (exact) mass is 328 g/mol. The van der Waals surface area contributed by atoms with Crippen LogP contribution in [-0.2, 0) is 4.74 Å². The summed E-state index contributed by atoms with van der Waals surface area (Å²) in [6.07, 6.45) is -2.24. The normalized spacial score (nSPS) is 29.3. The second-order valence-electron chi connectivity index (χ2n) is 6.49. The Labute approximate surface area is 134 Å². The zero-order valence-corrected chi connectivity index (χ0v) is 13.1.